The third-order valence-corrected chi connectivity index (χ3v) is 5.16. The minimum absolute atomic E-state index is 0.146. The summed E-state index contributed by atoms with van der Waals surface area (Å²) in [6.45, 7) is 5.38. The zero-order chi connectivity index (χ0) is 24.3. The quantitative estimate of drug-likeness (QED) is 0.436. The Balaban J connectivity index is 1.40. The van der Waals surface area contributed by atoms with Crippen molar-refractivity contribution in [2.75, 3.05) is 31.6 Å². The van der Waals surface area contributed by atoms with Crippen molar-refractivity contribution in [3.63, 3.8) is 0 Å². The highest BCUT2D eigenvalue weighted by molar-refractivity contribution is 5.96. The maximum Gasteiger partial charge on any atom is 0.265 e. The molecule has 3 N–H and O–H groups in total. The molecule has 0 aromatic heterocycles. The first-order chi connectivity index (χ1) is 16.5. The lowest BCUT2D eigenvalue weighted by atomic mass is 10.2. The summed E-state index contributed by atoms with van der Waals surface area (Å²) in [6.07, 6.45) is 0.520. The molecule has 9 nitrogen and oxygen atoms in total. The van der Waals surface area contributed by atoms with Crippen molar-refractivity contribution < 1.29 is 28.6 Å². The molecule has 9 heteroatoms. The second kappa shape index (κ2) is 12.6. The van der Waals surface area contributed by atoms with Gasteiger partial charge in [-0.15, -0.1) is 0 Å². The Bertz CT molecular complexity index is 956. The van der Waals surface area contributed by atoms with Gasteiger partial charge in [-0.25, -0.2) is 0 Å². The molecule has 0 radical (unpaired) electrons. The number of carbonyl (C=O) groups is 3. The predicted octanol–water partition coefficient (Wildman–Crippen LogP) is 2.52. The van der Waals surface area contributed by atoms with Gasteiger partial charge in [0.1, 0.15) is 17.6 Å². The molecule has 1 heterocycles. The first-order valence-corrected chi connectivity index (χ1v) is 11.4. The smallest absolute Gasteiger partial charge is 0.265 e. The van der Waals surface area contributed by atoms with E-state index in [1.807, 2.05) is 6.92 Å². The lowest BCUT2D eigenvalue weighted by Crippen LogP contribution is -2.39. The Kier molecular flexibility index (Phi) is 9.28. The van der Waals surface area contributed by atoms with Crippen LogP contribution in [0.3, 0.4) is 0 Å². The molecule has 1 saturated heterocycles. The number of hydrogen-bond acceptors (Lipinski definition) is 6. The second-order valence-corrected chi connectivity index (χ2v) is 7.78. The molecule has 0 spiro atoms. The van der Waals surface area contributed by atoms with Crippen LogP contribution in [0.4, 0.5) is 5.69 Å². The summed E-state index contributed by atoms with van der Waals surface area (Å²) in [5, 5.41) is 8.28. The van der Waals surface area contributed by atoms with Crippen molar-refractivity contribution >= 4 is 23.4 Å². The molecule has 3 amide bonds. The van der Waals surface area contributed by atoms with Gasteiger partial charge in [0.05, 0.1) is 6.61 Å². The van der Waals surface area contributed by atoms with E-state index in [9.17, 15) is 14.4 Å². The molecular formula is C25H31N3O6. The number of ether oxygens (including phenoxy) is 3. The monoisotopic (exact) mass is 469 g/mol. The molecule has 2 aromatic rings. The topological polar surface area (TPSA) is 115 Å². The number of anilines is 1. The molecule has 2 aromatic carbocycles. The van der Waals surface area contributed by atoms with E-state index in [-0.39, 0.29) is 23.8 Å². The van der Waals surface area contributed by atoms with Crippen molar-refractivity contribution in [3.8, 4) is 11.5 Å². The van der Waals surface area contributed by atoms with Gasteiger partial charge in [0, 0.05) is 30.9 Å². The molecule has 1 fully saturated rings. The molecular weight excluding hydrogens is 438 g/mol. The first kappa shape index (κ1) is 25.0. The van der Waals surface area contributed by atoms with Crippen molar-refractivity contribution in [1.82, 2.24) is 10.6 Å². The fraction of sp³-hybridized carbons (Fsp3) is 0.400. The van der Waals surface area contributed by atoms with E-state index in [4.69, 9.17) is 14.2 Å². The SMILES string of the molecule is CCOc1ccc(OC(C)C(=O)Nc2ccc(C(=O)NCCNC(=O)C3CCCO3)cc2)cc1. The average molecular weight is 470 g/mol. The van der Waals surface area contributed by atoms with E-state index in [0.29, 0.717) is 43.3 Å². The first-order valence-electron chi connectivity index (χ1n) is 11.4. The standard InChI is InChI=1S/C25H31N3O6/c1-3-32-20-10-12-21(13-11-20)34-17(2)23(29)28-19-8-6-18(7-9-19)24(30)26-14-15-27-25(31)22-5-4-16-33-22/h6-13,17,22H,3-5,14-16H2,1-2H3,(H,26,30)(H,27,31)(H,28,29). The molecule has 182 valence electrons. The van der Waals surface area contributed by atoms with Crippen LogP contribution in [0.1, 0.15) is 37.0 Å². The van der Waals surface area contributed by atoms with Gasteiger partial charge in [-0.1, -0.05) is 0 Å². The number of hydrogen-bond donors (Lipinski definition) is 3. The highest BCUT2D eigenvalue weighted by Gasteiger charge is 2.22. The zero-order valence-electron chi connectivity index (χ0n) is 19.5. The van der Waals surface area contributed by atoms with E-state index in [0.717, 1.165) is 18.6 Å². The maximum atomic E-state index is 12.4. The Hall–Kier alpha value is -3.59. The molecule has 1 aliphatic heterocycles. The van der Waals surface area contributed by atoms with Crippen LogP contribution < -0.4 is 25.4 Å². The van der Waals surface area contributed by atoms with E-state index in [2.05, 4.69) is 16.0 Å². The predicted molar refractivity (Wildman–Crippen MR) is 127 cm³/mol. The molecule has 0 saturated carbocycles. The van der Waals surface area contributed by atoms with Gasteiger partial charge in [0.25, 0.3) is 11.8 Å². The summed E-state index contributed by atoms with van der Waals surface area (Å²) in [7, 11) is 0. The largest absolute Gasteiger partial charge is 0.494 e. The Morgan fingerprint density at radius 3 is 2.32 bits per heavy atom. The van der Waals surface area contributed by atoms with Gasteiger partial charge in [-0.05, 0) is 75.2 Å². The third kappa shape index (κ3) is 7.48. The highest BCUT2D eigenvalue weighted by Crippen LogP contribution is 2.19. The average Bonchev–Trinajstić information content (AvgIpc) is 3.38. The van der Waals surface area contributed by atoms with Crippen molar-refractivity contribution in [1.29, 1.82) is 0 Å². The van der Waals surface area contributed by atoms with Crippen LogP contribution in [-0.4, -0.2) is 56.2 Å². The molecule has 34 heavy (non-hydrogen) atoms. The number of benzene rings is 2. The van der Waals surface area contributed by atoms with Crippen molar-refractivity contribution in [3.05, 3.63) is 54.1 Å². The summed E-state index contributed by atoms with van der Waals surface area (Å²) in [5.41, 5.74) is 0.995. The Morgan fingerprint density at radius 1 is 1.00 bits per heavy atom. The molecule has 1 aliphatic rings. The summed E-state index contributed by atoms with van der Waals surface area (Å²) >= 11 is 0. The lowest BCUT2D eigenvalue weighted by Gasteiger charge is -2.15. The third-order valence-electron chi connectivity index (χ3n) is 5.16. The maximum absolute atomic E-state index is 12.4. The van der Waals surface area contributed by atoms with E-state index >= 15 is 0 Å². The second-order valence-electron chi connectivity index (χ2n) is 7.78. The Labute approximate surface area is 199 Å². The Morgan fingerprint density at radius 2 is 1.68 bits per heavy atom. The van der Waals surface area contributed by atoms with Gasteiger partial charge >= 0.3 is 0 Å². The molecule has 0 bridgehead atoms. The van der Waals surface area contributed by atoms with Crippen LogP contribution >= 0.6 is 0 Å². The van der Waals surface area contributed by atoms with Crippen LogP contribution in [0.5, 0.6) is 11.5 Å². The van der Waals surface area contributed by atoms with Gasteiger partial charge in [0.2, 0.25) is 5.91 Å². The van der Waals surface area contributed by atoms with Gasteiger partial charge in [-0.3, -0.25) is 14.4 Å². The molecule has 3 rings (SSSR count). The number of amides is 3. The summed E-state index contributed by atoms with van der Waals surface area (Å²) < 4.78 is 16.4. The molecule has 2 unspecified atom stereocenters. The molecule has 0 aliphatic carbocycles. The minimum atomic E-state index is -0.717. The fourth-order valence-corrected chi connectivity index (χ4v) is 3.35. The summed E-state index contributed by atoms with van der Waals surface area (Å²) in [6, 6.07) is 13.6. The highest BCUT2D eigenvalue weighted by atomic mass is 16.5. The van der Waals surface area contributed by atoms with Crippen molar-refractivity contribution in [2.45, 2.75) is 38.9 Å². The lowest BCUT2D eigenvalue weighted by molar-refractivity contribution is -0.130. The number of carbonyl (C=O) groups excluding carboxylic acids is 3. The zero-order valence-corrected chi connectivity index (χ0v) is 19.5. The van der Waals surface area contributed by atoms with Gasteiger partial charge in [-0.2, -0.15) is 0 Å². The van der Waals surface area contributed by atoms with Crippen LogP contribution in [0.15, 0.2) is 48.5 Å². The van der Waals surface area contributed by atoms with E-state index in [1.165, 1.54) is 0 Å². The van der Waals surface area contributed by atoms with E-state index in [1.54, 1.807) is 55.5 Å². The summed E-state index contributed by atoms with van der Waals surface area (Å²) in [4.78, 5) is 36.6. The van der Waals surface area contributed by atoms with Crippen LogP contribution in [0.2, 0.25) is 0 Å². The van der Waals surface area contributed by atoms with Gasteiger partial charge in [0.15, 0.2) is 6.10 Å². The normalized spacial score (nSPS) is 15.8. The van der Waals surface area contributed by atoms with Crippen LogP contribution in [0, 0.1) is 0 Å². The number of rotatable bonds is 11. The number of nitrogens with one attached hydrogen (secondary N) is 3. The molecule has 2 atom stereocenters. The fourth-order valence-electron chi connectivity index (χ4n) is 3.35. The summed E-state index contributed by atoms with van der Waals surface area (Å²) in [5.74, 6) is 0.571. The van der Waals surface area contributed by atoms with Gasteiger partial charge < -0.3 is 30.2 Å². The van der Waals surface area contributed by atoms with Crippen molar-refractivity contribution in [2.24, 2.45) is 0 Å². The van der Waals surface area contributed by atoms with E-state index < -0.39 is 6.10 Å². The minimum Gasteiger partial charge on any atom is -0.494 e. The van der Waals surface area contributed by atoms with Crippen LogP contribution in [0.25, 0.3) is 0 Å². The van der Waals surface area contributed by atoms with Crippen LogP contribution in [-0.2, 0) is 14.3 Å².